The summed E-state index contributed by atoms with van der Waals surface area (Å²) in [5.74, 6) is -1.24. The van der Waals surface area contributed by atoms with Crippen LogP contribution in [0.2, 0.25) is 0 Å². The van der Waals surface area contributed by atoms with Gasteiger partial charge in [0.1, 0.15) is 11.5 Å². The number of nitrogens with one attached hydrogen (secondary N) is 2. The number of anilines is 2. The molecule has 12 heteroatoms. The third kappa shape index (κ3) is 7.21. The normalized spacial score (nSPS) is 10.7. The molecule has 0 unspecified atom stereocenters. The number of benzene rings is 3. The van der Waals surface area contributed by atoms with Crippen LogP contribution in [0.15, 0.2) is 71.6 Å². The standard InChI is InChI=1S/C25H24N2O9S/c1-33-21-6-4-5-18(14-21)27-37(31,32)22-9-7-20(8-10-22)36-15-23(28)26-19-12-16(24(29)34-2)11-17(13-19)25(30)35-3/h4-14,27H,15H2,1-3H3,(H,26,28). The van der Waals surface area contributed by atoms with Crippen LogP contribution in [0.25, 0.3) is 0 Å². The molecule has 0 aromatic heterocycles. The van der Waals surface area contributed by atoms with Gasteiger partial charge in [-0.1, -0.05) is 6.07 Å². The lowest BCUT2D eigenvalue weighted by Crippen LogP contribution is -2.21. The molecule has 0 fully saturated rings. The summed E-state index contributed by atoms with van der Waals surface area (Å²) in [6.07, 6.45) is 0. The molecule has 0 aliphatic heterocycles. The van der Waals surface area contributed by atoms with E-state index in [0.29, 0.717) is 11.4 Å². The van der Waals surface area contributed by atoms with Crippen molar-refractivity contribution in [2.24, 2.45) is 0 Å². The van der Waals surface area contributed by atoms with Crippen LogP contribution in [0.5, 0.6) is 11.5 Å². The van der Waals surface area contributed by atoms with Gasteiger partial charge in [0.25, 0.3) is 15.9 Å². The Hall–Kier alpha value is -4.58. The van der Waals surface area contributed by atoms with E-state index in [2.05, 4.69) is 19.5 Å². The van der Waals surface area contributed by atoms with Gasteiger partial charge in [0.2, 0.25) is 0 Å². The Kier molecular flexibility index (Phi) is 8.69. The molecule has 0 saturated heterocycles. The van der Waals surface area contributed by atoms with Gasteiger partial charge < -0.3 is 24.3 Å². The Balaban J connectivity index is 1.64. The van der Waals surface area contributed by atoms with E-state index < -0.39 is 34.5 Å². The number of ether oxygens (including phenoxy) is 4. The highest BCUT2D eigenvalue weighted by Crippen LogP contribution is 2.22. The lowest BCUT2D eigenvalue weighted by molar-refractivity contribution is -0.118. The van der Waals surface area contributed by atoms with Crippen molar-refractivity contribution in [2.45, 2.75) is 4.90 Å². The van der Waals surface area contributed by atoms with Gasteiger partial charge in [-0.3, -0.25) is 9.52 Å². The fourth-order valence-corrected chi connectivity index (χ4v) is 4.18. The number of carbonyl (C=O) groups excluding carboxylic acids is 3. The van der Waals surface area contributed by atoms with Crippen molar-refractivity contribution in [1.82, 2.24) is 0 Å². The van der Waals surface area contributed by atoms with Gasteiger partial charge in [-0.05, 0) is 54.6 Å². The van der Waals surface area contributed by atoms with Crippen LogP contribution in [-0.4, -0.2) is 54.2 Å². The summed E-state index contributed by atoms with van der Waals surface area (Å²) < 4.78 is 47.6. The predicted molar refractivity (Wildman–Crippen MR) is 133 cm³/mol. The number of amides is 1. The van der Waals surface area contributed by atoms with Crippen LogP contribution in [0, 0.1) is 0 Å². The summed E-state index contributed by atoms with van der Waals surface area (Å²) in [5, 5.41) is 2.53. The van der Waals surface area contributed by atoms with E-state index in [1.807, 2.05) is 0 Å². The Morgan fingerprint density at radius 1 is 0.757 bits per heavy atom. The molecule has 2 N–H and O–H groups in total. The molecule has 37 heavy (non-hydrogen) atoms. The first-order valence-corrected chi connectivity index (χ1v) is 12.1. The van der Waals surface area contributed by atoms with Gasteiger partial charge in [-0.15, -0.1) is 0 Å². The van der Waals surface area contributed by atoms with Crippen molar-refractivity contribution in [1.29, 1.82) is 0 Å². The van der Waals surface area contributed by atoms with Crippen LogP contribution in [-0.2, 0) is 24.3 Å². The molecule has 11 nitrogen and oxygen atoms in total. The minimum atomic E-state index is -3.87. The molecule has 3 aromatic carbocycles. The van der Waals surface area contributed by atoms with E-state index in [0.717, 1.165) is 0 Å². The average Bonchev–Trinajstić information content (AvgIpc) is 2.90. The highest BCUT2D eigenvalue weighted by atomic mass is 32.2. The number of methoxy groups -OCH3 is 3. The zero-order chi connectivity index (χ0) is 27.0. The van der Waals surface area contributed by atoms with E-state index in [4.69, 9.17) is 9.47 Å². The molecule has 194 valence electrons. The van der Waals surface area contributed by atoms with Crippen molar-refractivity contribution in [2.75, 3.05) is 38.0 Å². The number of esters is 2. The van der Waals surface area contributed by atoms with E-state index in [-0.39, 0.29) is 27.5 Å². The molecular formula is C25H24N2O9S. The third-order valence-electron chi connectivity index (χ3n) is 4.88. The molecule has 0 bridgehead atoms. The topological polar surface area (TPSA) is 146 Å². The Bertz CT molecular complexity index is 1370. The minimum absolute atomic E-state index is 0.0120. The number of hydrogen-bond acceptors (Lipinski definition) is 9. The third-order valence-corrected chi connectivity index (χ3v) is 6.28. The minimum Gasteiger partial charge on any atom is -0.497 e. The van der Waals surface area contributed by atoms with Crippen molar-refractivity contribution in [3.63, 3.8) is 0 Å². The summed E-state index contributed by atoms with van der Waals surface area (Å²) >= 11 is 0. The first-order valence-electron chi connectivity index (χ1n) is 10.7. The van der Waals surface area contributed by atoms with Crippen molar-refractivity contribution in [3.8, 4) is 11.5 Å². The first-order chi connectivity index (χ1) is 17.6. The van der Waals surface area contributed by atoms with E-state index in [1.54, 1.807) is 24.3 Å². The van der Waals surface area contributed by atoms with Gasteiger partial charge in [0, 0.05) is 11.8 Å². The van der Waals surface area contributed by atoms with E-state index in [9.17, 15) is 22.8 Å². The highest BCUT2D eigenvalue weighted by molar-refractivity contribution is 7.92. The molecule has 0 saturated carbocycles. The second kappa shape index (κ2) is 11.9. The van der Waals surface area contributed by atoms with Crippen molar-refractivity contribution < 1.29 is 41.7 Å². The number of carbonyl (C=O) groups is 3. The summed E-state index contributed by atoms with van der Waals surface area (Å²) in [6.45, 7) is -0.426. The molecule has 1 amide bonds. The fraction of sp³-hybridized carbons (Fsp3) is 0.160. The molecule has 3 rings (SSSR count). The molecular weight excluding hydrogens is 504 g/mol. The summed E-state index contributed by atoms with van der Waals surface area (Å²) in [5.41, 5.74) is 0.576. The molecule has 0 spiro atoms. The van der Waals surface area contributed by atoms with Crippen LogP contribution >= 0.6 is 0 Å². The SMILES string of the molecule is COC(=O)c1cc(NC(=O)COc2ccc(S(=O)(=O)Nc3cccc(OC)c3)cc2)cc(C(=O)OC)c1. The number of rotatable bonds is 10. The molecule has 3 aromatic rings. The van der Waals surface area contributed by atoms with Gasteiger partial charge >= 0.3 is 11.9 Å². The summed E-state index contributed by atoms with van der Waals surface area (Å²) in [4.78, 5) is 36.2. The molecule has 0 radical (unpaired) electrons. The lowest BCUT2D eigenvalue weighted by atomic mass is 10.1. The van der Waals surface area contributed by atoms with Crippen molar-refractivity contribution >= 4 is 39.2 Å². The fourth-order valence-electron chi connectivity index (χ4n) is 3.13. The largest absolute Gasteiger partial charge is 0.497 e. The summed E-state index contributed by atoms with van der Waals surface area (Å²) in [7, 11) is -0.0216. The Morgan fingerprint density at radius 3 is 1.95 bits per heavy atom. The summed E-state index contributed by atoms with van der Waals surface area (Å²) in [6, 6.07) is 15.9. The number of hydrogen-bond donors (Lipinski definition) is 2. The predicted octanol–water partition coefficient (Wildman–Crippen LogP) is 3.09. The van der Waals surface area contributed by atoms with Gasteiger partial charge in [-0.2, -0.15) is 0 Å². The smallest absolute Gasteiger partial charge is 0.337 e. The van der Waals surface area contributed by atoms with E-state index >= 15 is 0 Å². The van der Waals surface area contributed by atoms with Gasteiger partial charge in [0.15, 0.2) is 6.61 Å². The van der Waals surface area contributed by atoms with Crippen LogP contribution in [0.1, 0.15) is 20.7 Å². The van der Waals surface area contributed by atoms with Crippen LogP contribution in [0.3, 0.4) is 0 Å². The quantitative estimate of drug-likeness (QED) is 0.379. The van der Waals surface area contributed by atoms with Crippen molar-refractivity contribution in [3.05, 3.63) is 77.9 Å². The monoisotopic (exact) mass is 528 g/mol. The lowest BCUT2D eigenvalue weighted by Gasteiger charge is -2.11. The Morgan fingerprint density at radius 2 is 1.38 bits per heavy atom. The maximum atomic E-state index is 12.7. The second-order valence-electron chi connectivity index (χ2n) is 7.43. The Labute approximate surface area is 213 Å². The van der Waals surface area contributed by atoms with Gasteiger partial charge in [0.05, 0.1) is 43.0 Å². The second-order valence-corrected chi connectivity index (χ2v) is 9.11. The molecule has 0 heterocycles. The molecule has 0 aliphatic carbocycles. The molecule has 0 atom stereocenters. The average molecular weight is 529 g/mol. The van der Waals surface area contributed by atoms with E-state index in [1.165, 1.54) is 63.8 Å². The number of sulfonamides is 1. The van der Waals surface area contributed by atoms with Gasteiger partial charge in [-0.25, -0.2) is 18.0 Å². The van der Waals surface area contributed by atoms with Crippen LogP contribution < -0.4 is 19.5 Å². The molecule has 0 aliphatic rings. The highest BCUT2D eigenvalue weighted by Gasteiger charge is 2.17. The van der Waals surface area contributed by atoms with Crippen LogP contribution in [0.4, 0.5) is 11.4 Å². The first kappa shape index (κ1) is 27.0. The zero-order valence-electron chi connectivity index (χ0n) is 20.1. The maximum Gasteiger partial charge on any atom is 0.337 e. The zero-order valence-corrected chi connectivity index (χ0v) is 21.0. The maximum absolute atomic E-state index is 12.7.